The van der Waals surface area contributed by atoms with Gasteiger partial charge >= 0.3 is 5.97 Å². The quantitative estimate of drug-likeness (QED) is 0.441. The van der Waals surface area contributed by atoms with Crippen molar-refractivity contribution in [2.75, 3.05) is 13.2 Å². The third kappa shape index (κ3) is 5.75. The number of ether oxygens (including phenoxy) is 2. The molecule has 0 unspecified atom stereocenters. The van der Waals surface area contributed by atoms with E-state index < -0.39 is 11.9 Å². The third-order valence-electron chi connectivity index (χ3n) is 3.12. The number of carbonyl (C=O) groups excluding carboxylic acids is 2. The zero-order valence-corrected chi connectivity index (χ0v) is 15.4. The molecule has 2 aromatic carbocycles. The van der Waals surface area contributed by atoms with Crippen LogP contribution in [0.25, 0.3) is 0 Å². The zero-order chi connectivity index (χ0) is 18.9. The second-order valence-corrected chi connectivity index (χ2v) is 5.78. The van der Waals surface area contributed by atoms with Crippen LogP contribution in [0.15, 0.2) is 47.6 Å². The second kappa shape index (κ2) is 9.79. The molecule has 0 atom stereocenters. The smallest absolute Gasteiger partial charge is 0.338 e. The summed E-state index contributed by atoms with van der Waals surface area (Å²) in [4.78, 5) is 23.3. The number of halogens is 2. The molecule has 0 saturated heterocycles. The number of esters is 1. The first-order valence-corrected chi connectivity index (χ1v) is 8.42. The van der Waals surface area contributed by atoms with E-state index in [0.29, 0.717) is 33.5 Å². The monoisotopic (exact) mass is 394 g/mol. The molecule has 2 aromatic rings. The molecular formula is C18H16Cl2N2O4. The molecule has 1 N–H and O–H groups in total. The van der Waals surface area contributed by atoms with Crippen LogP contribution >= 0.6 is 23.2 Å². The van der Waals surface area contributed by atoms with E-state index in [9.17, 15) is 9.59 Å². The van der Waals surface area contributed by atoms with Crippen LogP contribution in [0.1, 0.15) is 22.8 Å². The van der Waals surface area contributed by atoms with E-state index in [4.69, 9.17) is 32.7 Å². The van der Waals surface area contributed by atoms with Gasteiger partial charge in [0.15, 0.2) is 6.61 Å². The Morgan fingerprint density at radius 2 is 1.77 bits per heavy atom. The van der Waals surface area contributed by atoms with Gasteiger partial charge in [-0.05, 0) is 43.3 Å². The summed E-state index contributed by atoms with van der Waals surface area (Å²) < 4.78 is 10.2. The predicted molar refractivity (Wildman–Crippen MR) is 100 cm³/mol. The lowest BCUT2D eigenvalue weighted by Crippen LogP contribution is -2.24. The molecule has 0 bridgehead atoms. The van der Waals surface area contributed by atoms with Crippen LogP contribution in [0.3, 0.4) is 0 Å². The van der Waals surface area contributed by atoms with Crippen LogP contribution in [0.4, 0.5) is 0 Å². The Morgan fingerprint density at radius 1 is 1.12 bits per heavy atom. The summed E-state index contributed by atoms with van der Waals surface area (Å²) in [6.45, 7) is 1.79. The average molecular weight is 395 g/mol. The van der Waals surface area contributed by atoms with Crippen molar-refractivity contribution < 1.29 is 19.1 Å². The minimum Gasteiger partial charge on any atom is -0.484 e. The van der Waals surface area contributed by atoms with E-state index in [-0.39, 0.29) is 6.61 Å². The molecule has 0 radical (unpaired) electrons. The van der Waals surface area contributed by atoms with Gasteiger partial charge in [0.2, 0.25) is 0 Å². The number of amides is 1. The Hall–Kier alpha value is -2.57. The van der Waals surface area contributed by atoms with E-state index in [1.165, 1.54) is 6.21 Å². The first-order valence-electron chi connectivity index (χ1n) is 7.67. The van der Waals surface area contributed by atoms with Crippen LogP contribution in [-0.2, 0) is 9.53 Å². The molecule has 0 fully saturated rings. The molecule has 0 aromatic heterocycles. The van der Waals surface area contributed by atoms with Gasteiger partial charge in [0.1, 0.15) is 5.75 Å². The Morgan fingerprint density at radius 3 is 2.38 bits per heavy atom. The average Bonchev–Trinajstić information content (AvgIpc) is 2.63. The number of nitrogens with zero attached hydrogens (tertiary/aromatic N) is 1. The standard InChI is InChI=1S/C18H16Cl2N2O4/c1-2-25-18(24)12-6-8-13(9-7-12)26-11-17(23)22-21-10-14-15(19)4-3-5-16(14)20/h3-10H,2,11H2,1H3,(H,22,23). The topological polar surface area (TPSA) is 77.0 Å². The van der Waals surface area contributed by atoms with Crippen LogP contribution in [-0.4, -0.2) is 31.3 Å². The van der Waals surface area contributed by atoms with Gasteiger partial charge in [0.25, 0.3) is 5.91 Å². The van der Waals surface area contributed by atoms with E-state index in [0.717, 1.165) is 0 Å². The van der Waals surface area contributed by atoms with Crippen molar-refractivity contribution in [3.05, 3.63) is 63.6 Å². The maximum atomic E-state index is 11.7. The Kier molecular flexibility index (Phi) is 7.44. The van der Waals surface area contributed by atoms with Gasteiger partial charge in [0.05, 0.1) is 28.4 Å². The molecule has 1 amide bonds. The summed E-state index contributed by atoms with van der Waals surface area (Å²) >= 11 is 12.0. The van der Waals surface area contributed by atoms with Crippen LogP contribution in [0.5, 0.6) is 5.75 Å². The van der Waals surface area contributed by atoms with Crippen LogP contribution < -0.4 is 10.2 Å². The van der Waals surface area contributed by atoms with E-state index >= 15 is 0 Å². The highest BCUT2D eigenvalue weighted by molar-refractivity contribution is 6.38. The highest BCUT2D eigenvalue weighted by Crippen LogP contribution is 2.22. The number of hydrogen-bond acceptors (Lipinski definition) is 5. The van der Waals surface area contributed by atoms with Crippen molar-refractivity contribution in [1.82, 2.24) is 5.43 Å². The minimum atomic E-state index is -0.459. The van der Waals surface area contributed by atoms with Gasteiger partial charge in [-0.25, -0.2) is 10.2 Å². The minimum absolute atomic E-state index is 0.244. The number of benzene rings is 2. The van der Waals surface area contributed by atoms with Crippen LogP contribution in [0.2, 0.25) is 10.0 Å². The molecule has 26 heavy (non-hydrogen) atoms. The van der Waals surface area contributed by atoms with Crippen molar-refractivity contribution in [1.29, 1.82) is 0 Å². The highest BCUT2D eigenvalue weighted by Gasteiger charge is 2.07. The molecule has 0 spiro atoms. The number of hydrazone groups is 1. The van der Waals surface area contributed by atoms with Crippen molar-refractivity contribution in [3.63, 3.8) is 0 Å². The molecule has 0 saturated carbocycles. The first-order chi connectivity index (χ1) is 12.5. The van der Waals surface area contributed by atoms with Crippen molar-refractivity contribution in [2.24, 2.45) is 5.10 Å². The lowest BCUT2D eigenvalue weighted by molar-refractivity contribution is -0.123. The number of hydrogen-bond donors (Lipinski definition) is 1. The fourth-order valence-electron chi connectivity index (χ4n) is 1.89. The van der Waals surface area contributed by atoms with Crippen molar-refractivity contribution in [2.45, 2.75) is 6.92 Å². The highest BCUT2D eigenvalue weighted by atomic mass is 35.5. The van der Waals surface area contributed by atoms with Crippen molar-refractivity contribution >= 4 is 41.3 Å². The van der Waals surface area contributed by atoms with Gasteiger partial charge in [-0.15, -0.1) is 0 Å². The van der Waals surface area contributed by atoms with Gasteiger partial charge < -0.3 is 9.47 Å². The third-order valence-corrected chi connectivity index (χ3v) is 3.78. The largest absolute Gasteiger partial charge is 0.484 e. The van der Waals surface area contributed by atoms with E-state index in [1.54, 1.807) is 49.4 Å². The summed E-state index contributed by atoms with van der Waals surface area (Å²) in [5, 5.41) is 4.65. The Labute approximate surface area is 160 Å². The van der Waals surface area contributed by atoms with Gasteiger partial charge in [-0.3, -0.25) is 4.79 Å². The molecule has 0 aliphatic heterocycles. The summed E-state index contributed by atoms with van der Waals surface area (Å²) in [5.74, 6) is -0.436. The van der Waals surface area contributed by atoms with Crippen molar-refractivity contribution in [3.8, 4) is 5.75 Å². The lowest BCUT2D eigenvalue weighted by atomic mass is 10.2. The van der Waals surface area contributed by atoms with Gasteiger partial charge in [-0.1, -0.05) is 29.3 Å². The summed E-state index contributed by atoms with van der Waals surface area (Å²) in [6.07, 6.45) is 1.36. The Balaban J connectivity index is 1.83. The molecular weight excluding hydrogens is 379 g/mol. The predicted octanol–water partition coefficient (Wildman–Crippen LogP) is 3.70. The summed E-state index contributed by atoms with van der Waals surface area (Å²) in [6, 6.07) is 11.3. The molecule has 8 heteroatoms. The van der Waals surface area contributed by atoms with Gasteiger partial charge in [-0.2, -0.15) is 5.10 Å². The lowest BCUT2D eigenvalue weighted by Gasteiger charge is -2.06. The SMILES string of the molecule is CCOC(=O)c1ccc(OCC(=O)NN=Cc2c(Cl)cccc2Cl)cc1. The molecule has 0 heterocycles. The molecule has 6 nitrogen and oxygen atoms in total. The van der Waals surface area contributed by atoms with E-state index in [2.05, 4.69) is 10.5 Å². The van der Waals surface area contributed by atoms with Crippen LogP contribution in [0, 0.1) is 0 Å². The first kappa shape index (κ1) is 19.8. The fourth-order valence-corrected chi connectivity index (χ4v) is 2.38. The molecule has 0 aliphatic rings. The fraction of sp³-hybridized carbons (Fsp3) is 0.167. The molecule has 136 valence electrons. The summed E-state index contributed by atoms with van der Waals surface area (Å²) in [5.41, 5.74) is 3.23. The number of nitrogens with one attached hydrogen (secondary N) is 1. The molecule has 2 rings (SSSR count). The second-order valence-electron chi connectivity index (χ2n) is 4.96. The summed E-state index contributed by atoms with van der Waals surface area (Å²) in [7, 11) is 0. The van der Waals surface area contributed by atoms with Gasteiger partial charge in [0, 0.05) is 5.56 Å². The maximum Gasteiger partial charge on any atom is 0.338 e. The number of rotatable bonds is 7. The molecule has 0 aliphatic carbocycles. The normalized spacial score (nSPS) is 10.6. The number of carbonyl (C=O) groups is 2. The maximum absolute atomic E-state index is 11.7. The van der Waals surface area contributed by atoms with E-state index in [1.807, 2.05) is 0 Å². The zero-order valence-electron chi connectivity index (χ0n) is 13.9. The Bertz CT molecular complexity index is 787.